The van der Waals surface area contributed by atoms with Gasteiger partial charge in [0.25, 0.3) is 0 Å². The Morgan fingerprint density at radius 1 is 1.13 bits per heavy atom. The molecule has 112 valence electrons. The molecule has 5 heteroatoms. The zero-order valence-corrected chi connectivity index (χ0v) is 13.2. The topological polar surface area (TPSA) is 95.2 Å². The first kappa shape index (κ1) is 15.3. The van der Waals surface area contributed by atoms with Crippen molar-refractivity contribution >= 4 is 17.5 Å². The Hall–Kier alpha value is -2.55. The average molecular weight is 318 g/mol. The van der Waals surface area contributed by atoms with Gasteiger partial charge in [0, 0.05) is 23.3 Å². The molecule has 2 aliphatic rings. The lowest BCUT2D eigenvalue weighted by atomic mass is 9.55. The van der Waals surface area contributed by atoms with Crippen LogP contribution in [0.1, 0.15) is 11.5 Å². The molecular formula is C18H14N4S. The van der Waals surface area contributed by atoms with E-state index in [0.717, 1.165) is 22.6 Å². The first-order valence-electron chi connectivity index (χ1n) is 7.33. The molecule has 0 bridgehead atoms. The van der Waals surface area contributed by atoms with Gasteiger partial charge in [-0.05, 0) is 11.1 Å². The number of nitrogens with zero attached hydrogens (tertiary/aromatic N) is 3. The smallest absolute Gasteiger partial charge is 0.189 e. The third-order valence-corrected chi connectivity index (χ3v) is 5.72. The van der Waals surface area contributed by atoms with Crippen LogP contribution in [0.5, 0.6) is 0 Å². The summed E-state index contributed by atoms with van der Waals surface area (Å²) in [6.07, 6.45) is 2.01. The quantitative estimate of drug-likeness (QED) is 0.804. The van der Waals surface area contributed by atoms with E-state index in [1.165, 1.54) is 0 Å². The molecule has 0 spiro atoms. The molecule has 1 saturated carbocycles. The molecule has 1 aromatic carbocycles. The second-order valence-electron chi connectivity index (χ2n) is 5.74. The fourth-order valence-electron chi connectivity index (χ4n) is 3.65. The highest BCUT2D eigenvalue weighted by molar-refractivity contribution is 7.99. The van der Waals surface area contributed by atoms with Crippen molar-refractivity contribution in [3.63, 3.8) is 0 Å². The van der Waals surface area contributed by atoms with E-state index in [1.54, 1.807) is 11.8 Å². The van der Waals surface area contributed by atoms with Gasteiger partial charge in [-0.2, -0.15) is 27.5 Å². The van der Waals surface area contributed by atoms with Crippen molar-refractivity contribution in [1.82, 2.24) is 0 Å². The second-order valence-corrected chi connectivity index (χ2v) is 6.82. The highest BCUT2D eigenvalue weighted by atomic mass is 32.2. The Kier molecular flexibility index (Phi) is 3.95. The van der Waals surface area contributed by atoms with Gasteiger partial charge in [0.2, 0.25) is 0 Å². The normalized spacial score (nSPS) is 28.5. The molecule has 0 radical (unpaired) electrons. The summed E-state index contributed by atoms with van der Waals surface area (Å²) in [4.78, 5) is 0. The molecule has 0 unspecified atom stereocenters. The Balaban J connectivity index is 2.26. The first-order chi connectivity index (χ1) is 11.2. The number of nitriles is 3. The van der Waals surface area contributed by atoms with Gasteiger partial charge in [0.15, 0.2) is 5.41 Å². The molecule has 4 nitrogen and oxygen atoms in total. The van der Waals surface area contributed by atoms with E-state index in [1.807, 2.05) is 36.4 Å². The lowest BCUT2D eigenvalue weighted by Gasteiger charge is -2.45. The summed E-state index contributed by atoms with van der Waals surface area (Å²) in [6, 6.07) is 15.8. The van der Waals surface area contributed by atoms with Gasteiger partial charge in [0.05, 0.1) is 23.9 Å². The van der Waals surface area contributed by atoms with E-state index in [2.05, 4.69) is 18.2 Å². The van der Waals surface area contributed by atoms with Crippen molar-refractivity contribution in [3.05, 3.63) is 47.5 Å². The number of fused-ring (bicyclic) bond motifs is 1. The van der Waals surface area contributed by atoms with Crippen molar-refractivity contribution in [3.8, 4) is 18.2 Å². The minimum absolute atomic E-state index is 0.0609. The zero-order chi connectivity index (χ0) is 16.4. The zero-order valence-electron chi connectivity index (χ0n) is 12.4. The van der Waals surface area contributed by atoms with Crippen LogP contribution in [0.15, 0.2) is 42.0 Å². The van der Waals surface area contributed by atoms with E-state index in [9.17, 15) is 15.8 Å². The SMILES string of the molecule is N#C[C@H]1C(=N)C(C#N)(C#N)[C@H](c2ccccc2)[C@@H]2CSCC=C12. The van der Waals surface area contributed by atoms with Crippen LogP contribution in [-0.2, 0) is 0 Å². The summed E-state index contributed by atoms with van der Waals surface area (Å²) in [7, 11) is 0. The summed E-state index contributed by atoms with van der Waals surface area (Å²) in [5.41, 5.74) is 0.136. The van der Waals surface area contributed by atoms with Crippen LogP contribution in [-0.4, -0.2) is 17.2 Å². The Bertz CT molecular complexity index is 777. The monoisotopic (exact) mass is 318 g/mol. The molecule has 3 atom stereocenters. The molecule has 1 aliphatic carbocycles. The van der Waals surface area contributed by atoms with Crippen molar-refractivity contribution in [2.24, 2.45) is 17.3 Å². The Morgan fingerprint density at radius 2 is 1.83 bits per heavy atom. The van der Waals surface area contributed by atoms with E-state index in [-0.39, 0.29) is 11.6 Å². The molecule has 1 fully saturated rings. The van der Waals surface area contributed by atoms with E-state index >= 15 is 0 Å². The molecule has 0 saturated heterocycles. The summed E-state index contributed by atoms with van der Waals surface area (Å²) in [5, 5.41) is 37.6. The maximum Gasteiger partial charge on any atom is 0.189 e. The van der Waals surface area contributed by atoms with Crippen LogP contribution in [0, 0.1) is 56.7 Å². The predicted octanol–water partition coefficient (Wildman–Crippen LogP) is 3.27. The molecule has 1 aromatic rings. The van der Waals surface area contributed by atoms with E-state index in [0.29, 0.717) is 0 Å². The number of nitrogens with one attached hydrogen (secondary N) is 1. The average Bonchev–Trinajstić information content (AvgIpc) is 2.61. The highest BCUT2D eigenvalue weighted by Crippen LogP contribution is 2.54. The summed E-state index contributed by atoms with van der Waals surface area (Å²) >= 11 is 1.74. The van der Waals surface area contributed by atoms with Crippen LogP contribution in [0.4, 0.5) is 0 Å². The number of rotatable bonds is 1. The molecule has 0 amide bonds. The van der Waals surface area contributed by atoms with Gasteiger partial charge in [-0.3, -0.25) is 0 Å². The number of hydrogen-bond acceptors (Lipinski definition) is 5. The third-order valence-electron chi connectivity index (χ3n) is 4.72. The van der Waals surface area contributed by atoms with E-state index < -0.39 is 17.3 Å². The maximum absolute atomic E-state index is 9.80. The Morgan fingerprint density at radius 3 is 2.43 bits per heavy atom. The largest absolute Gasteiger partial charge is 0.305 e. The fourth-order valence-corrected chi connectivity index (χ4v) is 4.73. The number of allylic oxidation sites excluding steroid dienone is 1. The molecule has 3 rings (SSSR count). The lowest BCUT2D eigenvalue weighted by Crippen LogP contribution is -2.49. The van der Waals surface area contributed by atoms with Crippen molar-refractivity contribution < 1.29 is 0 Å². The Labute approximate surface area is 139 Å². The molecule has 0 aromatic heterocycles. The van der Waals surface area contributed by atoms with Crippen molar-refractivity contribution in [2.45, 2.75) is 5.92 Å². The van der Waals surface area contributed by atoms with Crippen molar-refractivity contribution in [1.29, 1.82) is 21.2 Å². The standard InChI is InChI=1S/C18H14N4S/c19-8-14-13-6-7-23-9-15(13)16(12-4-2-1-3-5-12)18(10-20,11-21)17(14)22/h1-6,14-16,22H,7,9H2/t14-,15-,16-/m1/s1. The van der Waals surface area contributed by atoms with Gasteiger partial charge in [-0.15, -0.1) is 0 Å². The maximum atomic E-state index is 9.80. The molecule has 1 N–H and O–H groups in total. The minimum Gasteiger partial charge on any atom is -0.305 e. The van der Waals surface area contributed by atoms with Crippen LogP contribution in [0.2, 0.25) is 0 Å². The minimum atomic E-state index is -1.58. The number of hydrogen-bond donors (Lipinski definition) is 1. The first-order valence-corrected chi connectivity index (χ1v) is 8.48. The summed E-state index contributed by atoms with van der Waals surface area (Å²) in [5.74, 6) is 0.344. The predicted molar refractivity (Wildman–Crippen MR) is 88.6 cm³/mol. The summed E-state index contributed by atoms with van der Waals surface area (Å²) < 4.78 is 0. The van der Waals surface area contributed by atoms with Crippen molar-refractivity contribution in [2.75, 3.05) is 11.5 Å². The van der Waals surface area contributed by atoms with Crippen LogP contribution in [0.3, 0.4) is 0 Å². The van der Waals surface area contributed by atoms with Crippen LogP contribution < -0.4 is 0 Å². The lowest BCUT2D eigenvalue weighted by molar-refractivity contribution is 0.378. The molecule has 1 heterocycles. The van der Waals surface area contributed by atoms with E-state index in [4.69, 9.17) is 5.41 Å². The second kappa shape index (κ2) is 5.92. The van der Waals surface area contributed by atoms with Crippen LogP contribution >= 0.6 is 11.8 Å². The van der Waals surface area contributed by atoms with Crippen LogP contribution in [0.25, 0.3) is 0 Å². The van der Waals surface area contributed by atoms with Gasteiger partial charge < -0.3 is 5.41 Å². The molecular weight excluding hydrogens is 304 g/mol. The van der Waals surface area contributed by atoms with Gasteiger partial charge in [0.1, 0.15) is 5.92 Å². The molecule has 1 aliphatic heterocycles. The number of thioether (sulfide) groups is 1. The van der Waals surface area contributed by atoms with Gasteiger partial charge >= 0.3 is 0 Å². The summed E-state index contributed by atoms with van der Waals surface area (Å²) in [6.45, 7) is 0. The molecule has 23 heavy (non-hydrogen) atoms. The fraction of sp³-hybridized carbons (Fsp3) is 0.333. The number of benzene rings is 1. The third kappa shape index (κ3) is 2.15. The highest BCUT2D eigenvalue weighted by Gasteiger charge is 2.57. The van der Waals surface area contributed by atoms with Gasteiger partial charge in [-0.1, -0.05) is 36.4 Å². The van der Waals surface area contributed by atoms with Gasteiger partial charge in [-0.25, -0.2) is 0 Å².